The summed E-state index contributed by atoms with van der Waals surface area (Å²) in [4.78, 5) is 4.68. The smallest absolute Gasteiger partial charge is 0.251 e. The van der Waals surface area contributed by atoms with Crippen LogP contribution < -0.4 is 25.5 Å². The van der Waals surface area contributed by atoms with Crippen molar-refractivity contribution < 1.29 is 9.84 Å². The number of benzene rings is 6. The van der Waals surface area contributed by atoms with E-state index in [1.54, 1.807) is 0 Å². The number of aryl methyl sites for hydroxylation is 2. The molecule has 0 saturated carbocycles. The van der Waals surface area contributed by atoms with Crippen LogP contribution in [0.3, 0.4) is 0 Å². The number of hydrogen-bond donors (Lipinski definition) is 1. The van der Waals surface area contributed by atoms with E-state index in [0.717, 1.165) is 73.2 Å². The summed E-state index contributed by atoms with van der Waals surface area (Å²) in [6.45, 7) is 8.72. The summed E-state index contributed by atoms with van der Waals surface area (Å²) >= 11 is 0. The molecule has 0 fully saturated rings. The van der Waals surface area contributed by atoms with E-state index in [1.807, 2.05) is 6.07 Å². The standard InChI is InChI=1S/C47H39BN2O2/c1-31-21-23-36(27-32(31)2)49(38-25-26-45-40(29-38)47(3,4)39-16-8-11-20-44(39)52-45)37-24-22-34(30-51)48-41-17-9-10-18-42(41)50(35-14-6-5-7-15-35)43-19-12-13-33(28-37)46(43)48/h5-30,51H,1-4H3/b24-22-,34-30-,37-28+. The second-order valence-corrected chi connectivity index (χ2v) is 14.5. The van der Waals surface area contributed by atoms with Crippen LogP contribution in [-0.4, -0.2) is 11.8 Å². The molecule has 0 atom stereocenters. The van der Waals surface area contributed by atoms with E-state index in [2.05, 4.69) is 183 Å². The molecular weight excluding hydrogens is 635 g/mol. The number of ether oxygens (including phenoxy) is 1. The molecule has 5 heteroatoms. The van der Waals surface area contributed by atoms with E-state index in [1.165, 1.54) is 23.0 Å². The summed E-state index contributed by atoms with van der Waals surface area (Å²) in [5, 5.41) is 11.0. The molecule has 0 saturated heterocycles. The van der Waals surface area contributed by atoms with Gasteiger partial charge in [0.25, 0.3) is 6.71 Å². The Morgan fingerprint density at radius 2 is 1.38 bits per heavy atom. The molecule has 4 nitrogen and oxygen atoms in total. The van der Waals surface area contributed by atoms with Gasteiger partial charge in [-0.15, -0.1) is 0 Å². The Labute approximate surface area is 306 Å². The number of aliphatic hydroxyl groups excluding tert-OH is 1. The Bertz CT molecular complexity index is 2480. The molecule has 0 amide bonds. The number of para-hydroxylation sites is 3. The molecule has 0 spiro atoms. The van der Waals surface area contributed by atoms with E-state index in [4.69, 9.17) is 4.74 Å². The maximum atomic E-state index is 11.0. The largest absolute Gasteiger partial charge is 0.516 e. The van der Waals surface area contributed by atoms with E-state index >= 15 is 0 Å². The normalized spacial score (nSPS) is 17.3. The van der Waals surface area contributed by atoms with Gasteiger partial charge in [-0.3, -0.25) is 0 Å². The lowest BCUT2D eigenvalue weighted by molar-refractivity contribution is 0.418. The van der Waals surface area contributed by atoms with Gasteiger partial charge in [-0.1, -0.05) is 92.7 Å². The first-order valence-corrected chi connectivity index (χ1v) is 17.9. The molecule has 9 rings (SSSR count). The van der Waals surface area contributed by atoms with Gasteiger partial charge in [-0.2, -0.15) is 0 Å². The quantitative estimate of drug-likeness (QED) is 0.149. The van der Waals surface area contributed by atoms with Crippen molar-refractivity contribution in [2.75, 3.05) is 9.80 Å². The molecule has 1 N–H and O–H groups in total. The highest BCUT2D eigenvalue weighted by Crippen LogP contribution is 2.50. The topological polar surface area (TPSA) is 35.9 Å². The molecule has 0 bridgehead atoms. The Kier molecular flexibility index (Phi) is 7.48. The second kappa shape index (κ2) is 12.2. The lowest BCUT2D eigenvalue weighted by Crippen LogP contribution is -2.52. The molecule has 0 radical (unpaired) electrons. The highest BCUT2D eigenvalue weighted by Gasteiger charge is 2.39. The number of nitrogens with zero attached hydrogens (tertiary/aromatic N) is 2. The van der Waals surface area contributed by atoms with Gasteiger partial charge in [0.15, 0.2) is 0 Å². The minimum Gasteiger partial charge on any atom is -0.516 e. The summed E-state index contributed by atoms with van der Waals surface area (Å²) < 4.78 is 6.48. The van der Waals surface area contributed by atoms with Crippen molar-refractivity contribution in [1.82, 2.24) is 0 Å². The maximum Gasteiger partial charge on any atom is 0.251 e. The predicted molar refractivity (Wildman–Crippen MR) is 217 cm³/mol. The van der Waals surface area contributed by atoms with Gasteiger partial charge >= 0.3 is 0 Å². The van der Waals surface area contributed by atoms with Crippen molar-refractivity contribution in [1.29, 1.82) is 0 Å². The van der Waals surface area contributed by atoms with E-state index in [-0.39, 0.29) is 12.1 Å². The number of fused-ring (bicyclic) bond motifs is 4. The second-order valence-electron chi connectivity index (χ2n) is 14.5. The summed E-state index contributed by atoms with van der Waals surface area (Å²) in [7, 11) is 0. The molecule has 3 aliphatic heterocycles. The molecule has 0 aromatic heterocycles. The number of aliphatic hydroxyl groups is 1. The van der Waals surface area contributed by atoms with Gasteiger partial charge < -0.3 is 19.6 Å². The summed E-state index contributed by atoms with van der Waals surface area (Å²) in [5.74, 6) is 1.78. The monoisotopic (exact) mass is 674 g/mol. The number of allylic oxidation sites excluding steroid dienone is 3. The molecule has 6 aromatic carbocycles. The fraction of sp³-hybridized carbons (Fsp3) is 0.106. The molecule has 6 aromatic rings. The van der Waals surface area contributed by atoms with Crippen molar-refractivity contribution in [3.05, 3.63) is 191 Å². The van der Waals surface area contributed by atoms with Crippen LogP contribution in [0.4, 0.5) is 28.4 Å². The zero-order chi connectivity index (χ0) is 35.6. The number of anilines is 5. The molecular formula is C47H39BN2O2. The van der Waals surface area contributed by atoms with Crippen LogP contribution in [0.5, 0.6) is 11.5 Å². The Morgan fingerprint density at radius 3 is 2.21 bits per heavy atom. The predicted octanol–water partition coefficient (Wildman–Crippen LogP) is 10.9. The van der Waals surface area contributed by atoms with Crippen LogP contribution >= 0.6 is 0 Å². The minimum atomic E-state index is -0.271. The van der Waals surface area contributed by atoms with E-state index < -0.39 is 0 Å². The fourth-order valence-corrected chi connectivity index (χ4v) is 8.25. The van der Waals surface area contributed by atoms with Crippen LogP contribution in [0.2, 0.25) is 0 Å². The van der Waals surface area contributed by atoms with Gasteiger partial charge in [0.2, 0.25) is 0 Å². The fourth-order valence-electron chi connectivity index (χ4n) is 8.25. The summed E-state index contributed by atoms with van der Waals surface area (Å²) in [6.07, 6.45) is 7.83. The number of hydrogen-bond acceptors (Lipinski definition) is 4. The van der Waals surface area contributed by atoms with Gasteiger partial charge in [0.1, 0.15) is 11.5 Å². The first-order chi connectivity index (χ1) is 25.3. The van der Waals surface area contributed by atoms with Crippen molar-refractivity contribution in [2.45, 2.75) is 33.1 Å². The first kappa shape index (κ1) is 31.8. The average Bonchev–Trinajstić information content (AvgIpc) is 3.16. The van der Waals surface area contributed by atoms with E-state index in [0.29, 0.717) is 0 Å². The molecule has 0 aliphatic carbocycles. The molecule has 52 heavy (non-hydrogen) atoms. The Morgan fingerprint density at radius 1 is 0.673 bits per heavy atom. The zero-order valence-electron chi connectivity index (χ0n) is 29.8. The Hall–Kier alpha value is -6.20. The van der Waals surface area contributed by atoms with Crippen LogP contribution in [0.25, 0.3) is 6.08 Å². The highest BCUT2D eigenvalue weighted by atomic mass is 16.5. The van der Waals surface area contributed by atoms with Crippen molar-refractivity contribution >= 4 is 52.2 Å². The molecule has 3 aliphatic rings. The van der Waals surface area contributed by atoms with Crippen LogP contribution in [0.1, 0.15) is 41.7 Å². The minimum absolute atomic E-state index is 0.154. The summed E-state index contributed by atoms with van der Waals surface area (Å²) in [5.41, 5.74) is 15.1. The first-order valence-electron chi connectivity index (χ1n) is 17.9. The zero-order valence-corrected chi connectivity index (χ0v) is 29.8. The molecule has 3 heterocycles. The average molecular weight is 675 g/mol. The lowest BCUT2D eigenvalue weighted by Gasteiger charge is -2.39. The van der Waals surface area contributed by atoms with Gasteiger partial charge in [0.05, 0.1) is 6.26 Å². The highest BCUT2D eigenvalue weighted by molar-refractivity contribution is 6.94. The van der Waals surface area contributed by atoms with Crippen LogP contribution in [0, 0.1) is 13.8 Å². The Balaban J connectivity index is 1.28. The number of rotatable bonds is 4. The SMILES string of the molecule is Cc1ccc(N(C2=C/c3cccc4c3B(C(=C\O)/C=C\2)c2ccccc2N4c2ccccc2)c2ccc3c(c2)C(C)(C)c2ccccc2O3)cc1C. The third-order valence-corrected chi connectivity index (χ3v) is 11.1. The lowest BCUT2D eigenvalue weighted by atomic mass is 9.33. The third kappa shape index (κ3) is 4.99. The van der Waals surface area contributed by atoms with Gasteiger partial charge in [-0.25, -0.2) is 0 Å². The van der Waals surface area contributed by atoms with Crippen molar-refractivity contribution in [3.63, 3.8) is 0 Å². The molecule has 0 unspecified atom stereocenters. The summed E-state index contributed by atoms with van der Waals surface area (Å²) in [6, 6.07) is 47.2. The van der Waals surface area contributed by atoms with Crippen LogP contribution in [-0.2, 0) is 5.41 Å². The van der Waals surface area contributed by atoms with Crippen molar-refractivity contribution in [3.8, 4) is 11.5 Å². The van der Waals surface area contributed by atoms with Gasteiger partial charge in [-0.05, 0) is 120 Å². The third-order valence-electron chi connectivity index (χ3n) is 11.1. The van der Waals surface area contributed by atoms with Gasteiger partial charge in [0, 0.05) is 50.7 Å². The van der Waals surface area contributed by atoms with Crippen LogP contribution in [0.15, 0.2) is 163 Å². The molecule has 252 valence electrons. The van der Waals surface area contributed by atoms with Crippen molar-refractivity contribution in [2.24, 2.45) is 0 Å². The maximum absolute atomic E-state index is 11.0. The van der Waals surface area contributed by atoms with E-state index in [9.17, 15) is 5.11 Å².